The van der Waals surface area contributed by atoms with Crippen LogP contribution in [-0.2, 0) is 17.7 Å². The maximum atomic E-state index is 11.9. The predicted octanol–water partition coefficient (Wildman–Crippen LogP) is 2.60. The lowest BCUT2D eigenvalue weighted by atomic mass is 10.3. The van der Waals surface area contributed by atoms with Gasteiger partial charge in [-0.15, -0.1) is 11.3 Å². The van der Waals surface area contributed by atoms with Crippen LogP contribution >= 0.6 is 11.3 Å². The van der Waals surface area contributed by atoms with E-state index in [1.165, 1.54) is 11.3 Å². The standard InChI is InChI=1S/C17H25N5O3S/c1-6-12-8-13(25-22-12)9-19-17(18-5)21-11(4)15-20-10(3)14(26-15)16(23)24-7-2/h8,11H,6-7,9H2,1-5H3,(H2,18,19,21). The fraction of sp³-hybridized carbons (Fsp3) is 0.529. The van der Waals surface area contributed by atoms with Crippen LogP contribution < -0.4 is 10.6 Å². The number of hydrogen-bond acceptors (Lipinski definition) is 7. The van der Waals surface area contributed by atoms with Gasteiger partial charge in [-0.25, -0.2) is 9.78 Å². The highest BCUT2D eigenvalue weighted by molar-refractivity contribution is 7.13. The highest BCUT2D eigenvalue weighted by Gasteiger charge is 2.20. The number of aryl methyl sites for hydroxylation is 2. The molecule has 1 unspecified atom stereocenters. The van der Waals surface area contributed by atoms with Gasteiger partial charge in [0.15, 0.2) is 11.7 Å². The van der Waals surface area contributed by atoms with E-state index in [1.807, 2.05) is 19.9 Å². The maximum absolute atomic E-state index is 11.9. The predicted molar refractivity (Wildman–Crippen MR) is 100 cm³/mol. The summed E-state index contributed by atoms with van der Waals surface area (Å²) in [4.78, 5) is 21.2. The Bertz CT molecular complexity index is 768. The Morgan fingerprint density at radius 3 is 2.85 bits per heavy atom. The van der Waals surface area contributed by atoms with Crippen molar-refractivity contribution in [2.24, 2.45) is 4.99 Å². The van der Waals surface area contributed by atoms with Crippen LogP contribution in [0.4, 0.5) is 0 Å². The molecule has 0 amide bonds. The Hall–Kier alpha value is -2.42. The van der Waals surface area contributed by atoms with E-state index in [0.29, 0.717) is 29.7 Å². The molecule has 2 rings (SSSR count). The van der Waals surface area contributed by atoms with E-state index in [-0.39, 0.29) is 12.0 Å². The second-order valence-corrected chi connectivity index (χ2v) is 6.65. The van der Waals surface area contributed by atoms with Crippen LogP contribution in [0.25, 0.3) is 0 Å². The van der Waals surface area contributed by atoms with Gasteiger partial charge < -0.3 is 19.9 Å². The van der Waals surface area contributed by atoms with Gasteiger partial charge in [0.25, 0.3) is 0 Å². The molecule has 2 aromatic rings. The summed E-state index contributed by atoms with van der Waals surface area (Å²) in [5.41, 5.74) is 1.59. The third-order valence-corrected chi connectivity index (χ3v) is 4.94. The van der Waals surface area contributed by atoms with Gasteiger partial charge in [0, 0.05) is 13.1 Å². The van der Waals surface area contributed by atoms with Crippen molar-refractivity contribution in [1.29, 1.82) is 0 Å². The van der Waals surface area contributed by atoms with Crippen LogP contribution in [0.2, 0.25) is 0 Å². The van der Waals surface area contributed by atoms with Gasteiger partial charge in [-0.3, -0.25) is 4.99 Å². The highest BCUT2D eigenvalue weighted by atomic mass is 32.1. The van der Waals surface area contributed by atoms with Gasteiger partial charge in [0.2, 0.25) is 0 Å². The largest absolute Gasteiger partial charge is 0.462 e. The summed E-state index contributed by atoms with van der Waals surface area (Å²) < 4.78 is 10.3. The lowest BCUT2D eigenvalue weighted by Gasteiger charge is -2.15. The maximum Gasteiger partial charge on any atom is 0.350 e. The number of carbonyl (C=O) groups excluding carboxylic acids is 1. The van der Waals surface area contributed by atoms with E-state index < -0.39 is 0 Å². The Kier molecular flexibility index (Phi) is 7.14. The number of hydrogen-bond donors (Lipinski definition) is 2. The Morgan fingerprint density at radius 2 is 2.23 bits per heavy atom. The zero-order valence-electron chi connectivity index (χ0n) is 15.8. The van der Waals surface area contributed by atoms with Gasteiger partial charge >= 0.3 is 5.97 Å². The van der Waals surface area contributed by atoms with Crippen LogP contribution in [0.5, 0.6) is 0 Å². The van der Waals surface area contributed by atoms with E-state index in [9.17, 15) is 4.79 Å². The Morgan fingerprint density at radius 1 is 1.46 bits per heavy atom. The first kappa shape index (κ1) is 19.9. The third-order valence-electron chi connectivity index (χ3n) is 3.62. The highest BCUT2D eigenvalue weighted by Crippen LogP contribution is 2.24. The Labute approximate surface area is 157 Å². The Balaban J connectivity index is 1.97. The van der Waals surface area contributed by atoms with Gasteiger partial charge in [-0.05, 0) is 27.2 Å². The van der Waals surface area contributed by atoms with E-state index in [4.69, 9.17) is 9.26 Å². The summed E-state index contributed by atoms with van der Waals surface area (Å²) in [6, 6.07) is 1.80. The fourth-order valence-corrected chi connectivity index (χ4v) is 3.19. The minimum Gasteiger partial charge on any atom is -0.462 e. The van der Waals surface area contributed by atoms with Gasteiger partial charge in [0.1, 0.15) is 9.88 Å². The lowest BCUT2D eigenvalue weighted by molar-refractivity contribution is 0.0531. The average Bonchev–Trinajstić information content (AvgIpc) is 3.25. The molecule has 142 valence electrons. The second-order valence-electron chi connectivity index (χ2n) is 5.62. The molecule has 0 fully saturated rings. The van der Waals surface area contributed by atoms with Gasteiger partial charge in [0.05, 0.1) is 30.6 Å². The molecular formula is C17H25N5O3S. The number of aromatic nitrogens is 2. The molecular weight excluding hydrogens is 354 g/mol. The van der Waals surface area contributed by atoms with Crippen molar-refractivity contribution in [2.45, 2.75) is 46.7 Å². The minimum absolute atomic E-state index is 0.117. The summed E-state index contributed by atoms with van der Waals surface area (Å²) in [7, 11) is 1.69. The summed E-state index contributed by atoms with van der Waals surface area (Å²) in [6.07, 6.45) is 0.833. The number of thiazole rings is 1. The van der Waals surface area contributed by atoms with Gasteiger partial charge in [-0.2, -0.15) is 0 Å². The van der Waals surface area contributed by atoms with E-state index in [2.05, 4.69) is 25.8 Å². The molecule has 0 spiro atoms. The first-order valence-electron chi connectivity index (χ1n) is 8.54. The second kappa shape index (κ2) is 9.33. The van der Waals surface area contributed by atoms with Crippen molar-refractivity contribution in [3.8, 4) is 0 Å². The van der Waals surface area contributed by atoms with Crippen LogP contribution in [0.3, 0.4) is 0 Å². The number of guanidine groups is 1. The molecule has 0 aliphatic heterocycles. The lowest BCUT2D eigenvalue weighted by Crippen LogP contribution is -2.38. The minimum atomic E-state index is -0.333. The fourth-order valence-electron chi connectivity index (χ4n) is 2.23. The van der Waals surface area contributed by atoms with Crippen LogP contribution in [0, 0.1) is 6.92 Å². The molecule has 26 heavy (non-hydrogen) atoms. The van der Waals surface area contributed by atoms with Crippen molar-refractivity contribution in [3.05, 3.63) is 33.1 Å². The number of nitrogens with one attached hydrogen (secondary N) is 2. The molecule has 0 bridgehead atoms. The quantitative estimate of drug-likeness (QED) is 0.433. The average molecular weight is 379 g/mol. The molecule has 2 aromatic heterocycles. The van der Waals surface area contributed by atoms with Crippen molar-refractivity contribution < 1.29 is 14.1 Å². The van der Waals surface area contributed by atoms with Crippen LogP contribution in [0.1, 0.15) is 58.6 Å². The number of aliphatic imine (C=N–C) groups is 1. The third kappa shape index (κ3) is 5.04. The number of rotatable bonds is 7. The normalized spacial score (nSPS) is 12.7. The van der Waals surface area contributed by atoms with E-state index in [0.717, 1.165) is 22.9 Å². The van der Waals surface area contributed by atoms with Crippen molar-refractivity contribution in [3.63, 3.8) is 0 Å². The SMILES string of the molecule is CCOC(=O)c1sc(C(C)NC(=NC)NCc2cc(CC)no2)nc1C. The molecule has 0 aromatic carbocycles. The monoisotopic (exact) mass is 379 g/mol. The molecule has 2 N–H and O–H groups in total. The zero-order chi connectivity index (χ0) is 19.1. The number of esters is 1. The van der Waals surface area contributed by atoms with Gasteiger partial charge in [-0.1, -0.05) is 12.1 Å². The van der Waals surface area contributed by atoms with Crippen molar-refractivity contribution >= 4 is 23.3 Å². The number of nitrogens with zero attached hydrogens (tertiary/aromatic N) is 3. The molecule has 2 heterocycles. The smallest absolute Gasteiger partial charge is 0.350 e. The molecule has 1 atom stereocenters. The molecule has 0 radical (unpaired) electrons. The summed E-state index contributed by atoms with van der Waals surface area (Å²) in [5, 5.41) is 11.2. The molecule has 0 aliphatic carbocycles. The van der Waals surface area contributed by atoms with Crippen molar-refractivity contribution in [2.75, 3.05) is 13.7 Å². The van der Waals surface area contributed by atoms with E-state index in [1.54, 1.807) is 20.9 Å². The van der Waals surface area contributed by atoms with Crippen LogP contribution in [-0.4, -0.2) is 35.7 Å². The van der Waals surface area contributed by atoms with E-state index >= 15 is 0 Å². The topological polar surface area (TPSA) is 102 Å². The first-order valence-corrected chi connectivity index (χ1v) is 9.36. The van der Waals surface area contributed by atoms with Crippen molar-refractivity contribution in [1.82, 2.24) is 20.8 Å². The number of ether oxygens (including phenoxy) is 1. The summed E-state index contributed by atoms with van der Waals surface area (Å²) in [5.74, 6) is 1.02. The summed E-state index contributed by atoms with van der Waals surface area (Å²) >= 11 is 1.33. The molecule has 0 saturated carbocycles. The molecule has 9 heteroatoms. The van der Waals surface area contributed by atoms with Crippen LogP contribution in [0.15, 0.2) is 15.6 Å². The first-order chi connectivity index (χ1) is 12.5. The molecule has 0 saturated heterocycles. The molecule has 8 nitrogen and oxygen atoms in total. The molecule has 0 aliphatic rings. The zero-order valence-corrected chi connectivity index (χ0v) is 16.6. The summed E-state index contributed by atoms with van der Waals surface area (Å²) in [6.45, 7) is 8.40. The number of carbonyl (C=O) groups is 1.